The first-order valence-electron chi connectivity index (χ1n) is 11.4. The van der Waals surface area contributed by atoms with Crippen LogP contribution in [0, 0.1) is 0 Å². The van der Waals surface area contributed by atoms with Crippen molar-refractivity contribution in [1.82, 2.24) is 10.2 Å². The molecule has 3 heteroatoms. The highest BCUT2D eigenvalue weighted by Crippen LogP contribution is 2.15. The highest BCUT2D eigenvalue weighted by molar-refractivity contribution is 4.94. The normalized spacial score (nSPS) is 16.7. The molecule has 1 heterocycles. The van der Waals surface area contributed by atoms with Gasteiger partial charge in [-0.05, 0) is 38.5 Å². The van der Waals surface area contributed by atoms with E-state index in [4.69, 9.17) is 5.73 Å². The molecule has 0 saturated carbocycles. The van der Waals surface area contributed by atoms with Crippen molar-refractivity contribution in [2.24, 2.45) is 5.73 Å². The van der Waals surface area contributed by atoms with Gasteiger partial charge < -0.3 is 16.0 Å². The molecule has 0 aromatic rings. The Morgan fingerprint density at radius 2 is 1.42 bits per heavy atom. The van der Waals surface area contributed by atoms with Crippen molar-refractivity contribution in [3.8, 4) is 0 Å². The van der Waals surface area contributed by atoms with E-state index < -0.39 is 0 Å². The van der Waals surface area contributed by atoms with Gasteiger partial charge >= 0.3 is 0 Å². The Bertz CT molecular complexity index is 351. The Labute approximate surface area is 163 Å². The van der Waals surface area contributed by atoms with E-state index in [9.17, 15) is 0 Å². The number of rotatable bonds is 18. The molecule has 152 valence electrons. The zero-order chi connectivity index (χ0) is 18.7. The van der Waals surface area contributed by atoms with Gasteiger partial charge in [0.15, 0.2) is 0 Å². The van der Waals surface area contributed by atoms with Crippen molar-refractivity contribution in [2.75, 3.05) is 13.1 Å². The second-order valence-electron chi connectivity index (χ2n) is 7.75. The molecule has 0 bridgehead atoms. The topological polar surface area (TPSA) is 41.3 Å². The molecule has 0 fully saturated rings. The molecule has 1 atom stereocenters. The van der Waals surface area contributed by atoms with Crippen molar-refractivity contribution in [3.05, 3.63) is 24.6 Å². The first-order valence-corrected chi connectivity index (χ1v) is 11.4. The maximum atomic E-state index is 5.65. The minimum Gasteiger partial charge on any atom is -0.370 e. The number of unbranched alkanes of at least 4 members (excludes halogenated alkanes) is 12. The lowest BCUT2D eigenvalue weighted by atomic mass is 10.1. The summed E-state index contributed by atoms with van der Waals surface area (Å²) >= 11 is 0. The summed E-state index contributed by atoms with van der Waals surface area (Å²) in [6.07, 6.45) is 29.9. The van der Waals surface area contributed by atoms with Gasteiger partial charge in [0.1, 0.15) is 0 Å². The molecule has 0 amide bonds. The fourth-order valence-corrected chi connectivity index (χ4v) is 3.66. The van der Waals surface area contributed by atoms with Crippen LogP contribution in [0.25, 0.3) is 0 Å². The molecule has 1 aliphatic rings. The number of nitrogens with one attached hydrogen (secondary N) is 1. The van der Waals surface area contributed by atoms with Gasteiger partial charge in [0.05, 0.1) is 6.17 Å². The van der Waals surface area contributed by atoms with E-state index >= 15 is 0 Å². The Hall–Kier alpha value is -0.960. The molecule has 0 aromatic carbocycles. The third-order valence-electron chi connectivity index (χ3n) is 5.33. The minimum absolute atomic E-state index is 0.484. The molecule has 0 aromatic heterocycles. The van der Waals surface area contributed by atoms with Crippen LogP contribution >= 0.6 is 0 Å². The van der Waals surface area contributed by atoms with Crippen LogP contribution in [0.1, 0.15) is 103 Å². The molecule has 0 saturated heterocycles. The van der Waals surface area contributed by atoms with E-state index in [2.05, 4.69) is 41.7 Å². The second-order valence-corrected chi connectivity index (χ2v) is 7.75. The number of allylic oxidation sites excluding steroid dienone is 2. The Morgan fingerprint density at radius 3 is 2.04 bits per heavy atom. The van der Waals surface area contributed by atoms with Gasteiger partial charge in [-0.15, -0.1) is 0 Å². The summed E-state index contributed by atoms with van der Waals surface area (Å²) in [5.41, 5.74) is 5.65. The highest BCUT2D eigenvalue weighted by atomic mass is 15.3. The van der Waals surface area contributed by atoms with E-state index in [0.717, 1.165) is 13.1 Å². The van der Waals surface area contributed by atoms with Gasteiger partial charge in [-0.2, -0.15) is 0 Å². The Kier molecular flexibility index (Phi) is 15.5. The smallest absolute Gasteiger partial charge is 0.0981 e. The molecule has 3 N–H and O–H groups in total. The minimum atomic E-state index is 0.484. The maximum Gasteiger partial charge on any atom is 0.0981 e. The van der Waals surface area contributed by atoms with Crippen molar-refractivity contribution < 1.29 is 0 Å². The van der Waals surface area contributed by atoms with E-state index in [1.54, 1.807) is 0 Å². The van der Waals surface area contributed by atoms with Crippen LogP contribution in [0.5, 0.6) is 0 Å². The second kappa shape index (κ2) is 17.5. The van der Waals surface area contributed by atoms with Gasteiger partial charge in [-0.25, -0.2) is 0 Å². The third kappa shape index (κ3) is 12.4. The van der Waals surface area contributed by atoms with Crippen molar-refractivity contribution in [1.29, 1.82) is 0 Å². The van der Waals surface area contributed by atoms with E-state index in [1.165, 1.54) is 96.3 Å². The number of nitrogens with two attached hydrogens (primary N) is 1. The molecule has 26 heavy (non-hydrogen) atoms. The molecule has 3 nitrogen and oxygen atoms in total. The summed E-state index contributed by atoms with van der Waals surface area (Å²) in [6, 6.07) is 0. The molecule has 1 rings (SSSR count). The first kappa shape index (κ1) is 23.1. The average Bonchev–Trinajstić information content (AvgIpc) is 3.09. The molecule has 0 radical (unpaired) electrons. The Morgan fingerprint density at radius 1 is 0.846 bits per heavy atom. The van der Waals surface area contributed by atoms with Gasteiger partial charge in [0.25, 0.3) is 0 Å². The van der Waals surface area contributed by atoms with Crippen LogP contribution in [0.15, 0.2) is 24.6 Å². The van der Waals surface area contributed by atoms with E-state index in [0.29, 0.717) is 6.17 Å². The van der Waals surface area contributed by atoms with Crippen LogP contribution in [0.2, 0.25) is 0 Å². The number of hydrogen-bond acceptors (Lipinski definition) is 3. The van der Waals surface area contributed by atoms with Crippen LogP contribution in [0.3, 0.4) is 0 Å². The van der Waals surface area contributed by atoms with Crippen molar-refractivity contribution in [2.45, 2.75) is 109 Å². The van der Waals surface area contributed by atoms with Gasteiger partial charge in [-0.1, -0.05) is 76.9 Å². The summed E-state index contributed by atoms with van der Waals surface area (Å²) in [6.45, 7) is 3.97. The number of hydrogen-bond donors (Lipinski definition) is 2. The summed E-state index contributed by atoms with van der Waals surface area (Å²) in [5, 5.41) is 3.43. The lowest BCUT2D eigenvalue weighted by Gasteiger charge is -2.25. The molecule has 0 aliphatic carbocycles. The predicted octanol–water partition coefficient (Wildman–Crippen LogP) is 6.08. The van der Waals surface area contributed by atoms with Crippen LogP contribution in [-0.2, 0) is 0 Å². The average molecular weight is 364 g/mol. The molecule has 1 unspecified atom stereocenters. The van der Waals surface area contributed by atoms with Crippen LogP contribution in [0.4, 0.5) is 0 Å². The third-order valence-corrected chi connectivity index (χ3v) is 5.33. The lowest BCUT2D eigenvalue weighted by molar-refractivity contribution is 0.264. The summed E-state index contributed by atoms with van der Waals surface area (Å²) in [7, 11) is 0. The summed E-state index contributed by atoms with van der Waals surface area (Å²) in [4.78, 5) is 2.33. The highest BCUT2D eigenvalue weighted by Gasteiger charge is 2.16. The largest absolute Gasteiger partial charge is 0.370 e. The van der Waals surface area contributed by atoms with Gasteiger partial charge in [-0.3, -0.25) is 0 Å². The fourth-order valence-electron chi connectivity index (χ4n) is 3.66. The van der Waals surface area contributed by atoms with Gasteiger partial charge in [0.2, 0.25) is 0 Å². The quantitative estimate of drug-likeness (QED) is 0.229. The molecular formula is C23H45N3. The van der Waals surface area contributed by atoms with E-state index in [-0.39, 0.29) is 0 Å². The molecule has 1 aliphatic heterocycles. The van der Waals surface area contributed by atoms with Gasteiger partial charge in [0, 0.05) is 25.5 Å². The van der Waals surface area contributed by atoms with Crippen molar-refractivity contribution in [3.63, 3.8) is 0 Å². The monoisotopic (exact) mass is 363 g/mol. The SMILES string of the molecule is CCCCCC/C=C/CCCCCCCCCCC1NC=CN1CCN. The zero-order valence-corrected chi connectivity index (χ0v) is 17.4. The summed E-state index contributed by atoms with van der Waals surface area (Å²) in [5.74, 6) is 0. The first-order chi connectivity index (χ1) is 12.9. The van der Waals surface area contributed by atoms with E-state index in [1.807, 2.05) is 0 Å². The molecular weight excluding hydrogens is 318 g/mol. The zero-order valence-electron chi connectivity index (χ0n) is 17.4. The number of nitrogens with zero attached hydrogens (tertiary/aromatic N) is 1. The predicted molar refractivity (Wildman–Crippen MR) is 116 cm³/mol. The maximum absolute atomic E-state index is 5.65. The standard InChI is InChI=1S/C23H45N3/c1-2-3-4-5-6-7-8-9-10-11-12-13-14-15-16-17-18-23-25-20-22-26(23)21-19-24/h7-8,20,22-23,25H,2-6,9-19,21,24H2,1H3/b8-7+. The lowest BCUT2D eigenvalue weighted by Crippen LogP contribution is -2.37. The fraction of sp³-hybridized carbons (Fsp3) is 0.826. The Balaban J connectivity index is 1.78. The molecule has 0 spiro atoms. The van der Waals surface area contributed by atoms with Crippen LogP contribution in [-0.4, -0.2) is 24.2 Å². The van der Waals surface area contributed by atoms with Crippen molar-refractivity contribution >= 4 is 0 Å². The summed E-state index contributed by atoms with van der Waals surface area (Å²) < 4.78 is 0. The van der Waals surface area contributed by atoms with Crippen LogP contribution < -0.4 is 11.1 Å².